The average molecular weight is 529 g/mol. The summed E-state index contributed by atoms with van der Waals surface area (Å²) in [4.78, 5) is 44.8. The van der Waals surface area contributed by atoms with Crippen LogP contribution in [0.1, 0.15) is 28.9 Å². The third-order valence-corrected chi connectivity index (χ3v) is 7.88. The molecule has 1 aromatic carbocycles. The molecule has 34 heavy (non-hydrogen) atoms. The Morgan fingerprint density at radius 2 is 1.79 bits per heavy atom. The molecule has 0 bridgehead atoms. The Bertz CT molecular complexity index is 1030. The molecule has 0 radical (unpaired) electrons. The van der Waals surface area contributed by atoms with Gasteiger partial charge in [0.1, 0.15) is 6.04 Å². The van der Waals surface area contributed by atoms with Crippen LogP contribution in [0, 0.1) is 0 Å². The van der Waals surface area contributed by atoms with E-state index in [1.165, 1.54) is 11.3 Å². The van der Waals surface area contributed by atoms with E-state index >= 15 is 0 Å². The van der Waals surface area contributed by atoms with Gasteiger partial charge in [0.25, 0.3) is 5.91 Å². The molecule has 2 aromatic rings. The predicted molar refractivity (Wildman–Crippen MR) is 138 cm³/mol. The monoisotopic (exact) mass is 527 g/mol. The van der Waals surface area contributed by atoms with Gasteiger partial charge in [0.15, 0.2) is 0 Å². The second kappa shape index (κ2) is 11.7. The molecule has 1 aromatic heterocycles. The summed E-state index contributed by atoms with van der Waals surface area (Å²) in [5.41, 5.74) is 5.40. The van der Waals surface area contributed by atoms with Crippen molar-refractivity contribution in [2.75, 3.05) is 46.3 Å². The van der Waals surface area contributed by atoms with Crippen LogP contribution in [-0.2, 0) is 9.59 Å². The van der Waals surface area contributed by atoms with Crippen LogP contribution in [0.5, 0.6) is 0 Å². The second-order valence-electron chi connectivity index (χ2n) is 8.88. The number of fused-ring (bicyclic) bond motifs is 1. The van der Waals surface area contributed by atoms with Crippen LogP contribution >= 0.6 is 35.3 Å². The Balaban J connectivity index is 0.00000324. The maximum atomic E-state index is 13.2. The Hall–Kier alpha value is -1.91. The molecule has 11 heteroatoms. The van der Waals surface area contributed by atoms with Gasteiger partial charge in [-0.1, -0.05) is 17.7 Å². The molecule has 3 N–H and O–H groups in total. The molecule has 0 unspecified atom stereocenters. The number of halogens is 2. The number of primary amides is 1. The van der Waals surface area contributed by atoms with E-state index in [9.17, 15) is 14.4 Å². The van der Waals surface area contributed by atoms with Gasteiger partial charge < -0.3 is 20.9 Å². The van der Waals surface area contributed by atoms with Gasteiger partial charge in [0, 0.05) is 41.9 Å². The van der Waals surface area contributed by atoms with E-state index in [0.29, 0.717) is 29.0 Å². The van der Waals surface area contributed by atoms with E-state index in [-0.39, 0.29) is 24.7 Å². The number of benzene rings is 1. The standard InChI is InChI=1S/C23H30ClN5O3S.ClH/c1-27-6-4-17(5-7-27)28-8-10-29(11-9-28)23(32)18(14-21(25)30)26-22(31)20-12-15-2-3-16(24)13-19(15)33-20;/h2-3,12-13,17-18H,4-11,14H2,1H3,(H2,25,30)(H,26,31);1H/t18-;/m1./s1. The highest BCUT2D eigenvalue weighted by Gasteiger charge is 2.32. The SMILES string of the molecule is CN1CCC(N2CCN(C(=O)[C@@H](CC(N)=O)NC(=O)c3cc4ccc(Cl)cc4s3)CC2)CC1.Cl. The molecule has 186 valence electrons. The van der Waals surface area contributed by atoms with Crippen molar-refractivity contribution in [2.24, 2.45) is 5.73 Å². The quantitative estimate of drug-likeness (QED) is 0.599. The van der Waals surface area contributed by atoms with Gasteiger partial charge in [-0.25, -0.2) is 0 Å². The summed E-state index contributed by atoms with van der Waals surface area (Å²) >= 11 is 7.34. The van der Waals surface area contributed by atoms with Crippen molar-refractivity contribution >= 4 is 63.2 Å². The molecule has 0 spiro atoms. The third-order valence-electron chi connectivity index (χ3n) is 6.55. The van der Waals surface area contributed by atoms with Crippen molar-refractivity contribution in [1.29, 1.82) is 0 Å². The van der Waals surface area contributed by atoms with Crippen LogP contribution in [0.15, 0.2) is 24.3 Å². The molecule has 1 atom stereocenters. The molecule has 3 heterocycles. The normalized spacial score (nSPS) is 18.9. The lowest BCUT2D eigenvalue weighted by Crippen LogP contribution is -2.58. The Morgan fingerprint density at radius 1 is 1.12 bits per heavy atom. The summed E-state index contributed by atoms with van der Waals surface area (Å²) in [7, 11) is 2.15. The smallest absolute Gasteiger partial charge is 0.262 e. The molecule has 2 aliphatic heterocycles. The van der Waals surface area contributed by atoms with Crippen molar-refractivity contribution in [2.45, 2.75) is 31.3 Å². The second-order valence-corrected chi connectivity index (χ2v) is 10.4. The van der Waals surface area contributed by atoms with Crippen LogP contribution in [-0.4, -0.2) is 90.8 Å². The molecule has 4 rings (SSSR count). The van der Waals surface area contributed by atoms with Crippen molar-refractivity contribution in [3.8, 4) is 0 Å². The first-order valence-corrected chi connectivity index (χ1v) is 12.5. The molecule has 2 aliphatic rings. The zero-order valence-electron chi connectivity index (χ0n) is 19.2. The first-order chi connectivity index (χ1) is 15.8. The van der Waals surface area contributed by atoms with Gasteiger partial charge in [0.05, 0.1) is 11.3 Å². The minimum atomic E-state index is -0.973. The number of likely N-dealkylation sites (tertiary alicyclic amines) is 1. The van der Waals surface area contributed by atoms with Crippen molar-refractivity contribution < 1.29 is 14.4 Å². The fraction of sp³-hybridized carbons (Fsp3) is 0.522. The van der Waals surface area contributed by atoms with Crippen LogP contribution in [0.2, 0.25) is 5.02 Å². The number of piperazine rings is 1. The number of amides is 3. The van der Waals surface area contributed by atoms with E-state index in [1.54, 1.807) is 23.1 Å². The van der Waals surface area contributed by atoms with E-state index < -0.39 is 17.9 Å². The number of rotatable bonds is 6. The lowest BCUT2D eigenvalue weighted by Gasteiger charge is -2.42. The predicted octanol–water partition coefficient (Wildman–Crippen LogP) is 2.19. The number of nitrogens with zero attached hydrogens (tertiary/aromatic N) is 3. The lowest BCUT2D eigenvalue weighted by molar-refractivity contribution is -0.137. The largest absolute Gasteiger partial charge is 0.370 e. The van der Waals surface area contributed by atoms with Gasteiger partial charge in [0.2, 0.25) is 11.8 Å². The third kappa shape index (κ3) is 6.40. The molecular weight excluding hydrogens is 497 g/mol. The highest BCUT2D eigenvalue weighted by atomic mass is 35.5. The van der Waals surface area contributed by atoms with Gasteiger partial charge in [-0.3, -0.25) is 19.3 Å². The summed E-state index contributed by atoms with van der Waals surface area (Å²) in [6, 6.07) is 6.76. The van der Waals surface area contributed by atoms with Crippen molar-refractivity contribution in [1.82, 2.24) is 20.0 Å². The number of carbonyl (C=O) groups is 3. The van der Waals surface area contributed by atoms with Crippen molar-refractivity contribution in [3.05, 3.63) is 34.2 Å². The minimum Gasteiger partial charge on any atom is -0.370 e. The molecule has 2 saturated heterocycles. The first-order valence-electron chi connectivity index (χ1n) is 11.3. The van der Waals surface area contributed by atoms with Gasteiger partial charge in [-0.05, 0) is 56.6 Å². The highest BCUT2D eigenvalue weighted by Crippen LogP contribution is 2.28. The van der Waals surface area contributed by atoms with Crippen LogP contribution in [0.4, 0.5) is 0 Å². The molecule has 0 saturated carbocycles. The Kier molecular flexibility index (Phi) is 9.17. The Morgan fingerprint density at radius 3 is 2.44 bits per heavy atom. The molecule has 8 nitrogen and oxygen atoms in total. The van der Waals surface area contributed by atoms with E-state index in [1.807, 2.05) is 6.07 Å². The summed E-state index contributed by atoms with van der Waals surface area (Å²) in [5.74, 6) is -1.27. The molecule has 3 amide bonds. The van der Waals surface area contributed by atoms with Gasteiger partial charge >= 0.3 is 0 Å². The highest BCUT2D eigenvalue weighted by molar-refractivity contribution is 7.20. The summed E-state index contributed by atoms with van der Waals surface area (Å²) in [6.07, 6.45) is 2.06. The van der Waals surface area contributed by atoms with Crippen LogP contribution in [0.25, 0.3) is 10.1 Å². The zero-order valence-corrected chi connectivity index (χ0v) is 21.6. The molecule has 2 fully saturated rings. The Labute approximate surface area is 214 Å². The zero-order chi connectivity index (χ0) is 23.5. The van der Waals surface area contributed by atoms with Crippen LogP contribution in [0.3, 0.4) is 0 Å². The minimum absolute atomic E-state index is 0. The molecular formula is C23H31Cl2N5O3S. The van der Waals surface area contributed by atoms with E-state index in [4.69, 9.17) is 17.3 Å². The van der Waals surface area contributed by atoms with E-state index in [0.717, 1.165) is 49.1 Å². The van der Waals surface area contributed by atoms with Gasteiger partial charge in [-0.15, -0.1) is 23.7 Å². The number of nitrogens with two attached hydrogens (primary N) is 1. The molecule has 0 aliphatic carbocycles. The van der Waals surface area contributed by atoms with E-state index in [2.05, 4.69) is 22.2 Å². The number of hydrogen-bond donors (Lipinski definition) is 2. The number of nitrogens with one attached hydrogen (secondary N) is 1. The number of thiophene rings is 1. The fourth-order valence-electron chi connectivity index (χ4n) is 4.64. The number of piperidine rings is 1. The summed E-state index contributed by atoms with van der Waals surface area (Å²) in [6.45, 7) is 4.96. The average Bonchev–Trinajstić information content (AvgIpc) is 3.22. The van der Waals surface area contributed by atoms with Gasteiger partial charge in [-0.2, -0.15) is 0 Å². The summed E-state index contributed by atoms with van der Waals surface area (Å²) in [5, 5.41) is 4.24. The number of carbonyl (C=O) groups excluding carboxylic acids is 3. The summed E-state index contributed by atoms with van der Waals surface area (Å²) < 4.78 is 0.885. The topological polar surface area (TPSA) is 99.0 Å². The van der Waals surface area contributed by atoms with Crippen LogP contribution < -0.4 is 11.1 Å². The number of hydrogen-bond acceptors (Lipinski definition) is 6. The van der Waals surface area contributed by atoms with Crippen molar-refractivity contribution in [3.63, 3.8) is 0 Å². The maximum absolute atomic E-state index is 13.2. The first kappa shape index (κ1) is 26.7. The maximum Gasteiger partial charge on any atom is 0.262 e. The fourth-order valence-corrected chi connectivity index (χ4v) is 5.88. The lowest BCUT2D eigenvalue weighted by atomic mass is 10.0.